The predicted octanol–water partition coefficient (Wildman–Crippen LogP) is 4.29. The van der Waals surface area contributed by atoms with Crippen molar-refractivity contribution in [2.45, 2.75) is 75.0 Å². The van der Waals surface area contributed by atoms with E-state index in [4.69, 9.17) is 19.2 Å². The Bertz CT molecular complexity index is 1000. The standard InChI is InChI=1S/C27H32N2O3/c1-2-6-24-21(4-1)18-32-26(24)15-22-9-10-23(16-26)29(22)17-19-7-8-20-5-3-11-28-25(20)27(14-19)30-12-13-31-27/h1-6,11,19,22-23H,7-10,12-18H2/t19-,22?,23?,26?/m1/s1. The van der Waals surface area contributed by atoms with E-state index in [1.165, 1.54) is 36.0 Å². The minimum atomic E-state index is -0.638. The van der Waals surface area contributed by atoms with Gasteiger partial charge in [0.05, 0.1) is 25.4 Å². The number of rotatable bonds is 2. The van der Waals surface area contributed by atoms with Crippen LogP contribution in [0.3, 0.4) is 0 Å². The molecule has 1 aromatic heterocycles. The molecule has 3 saturated heterocycles. The minimum absolute atomic E-state index is 0.0541. The number of piperidine rings is 1. The molecule has 1 aromatic carbocycles. The lowest BCUT2D eigenvalue weighted by Crippen LogP contribution is -2.51. The van der Waals surface area contributed by atoms with Gasteiger partial charge >= 0.3 is 0 Å². The van der Waals surface area contributed by atoms with Gasteiger partial charge in [-0.25, -0.2) is 0 Å². The molecule has 5 nitrogen and oxygen atoms in total. The molecule has 1 aliphatic carbocycles. The van der Waals surface area contributed by atoms with Crippen LogP contribution in [0.5, 0.6) is 0 Å². The van der Waals surface area contributed by atoms with Crippen LogP contribution in [0.2, 0.25) is 0 Å². The second-order valence-corrected chi connectivity index (χ2v) is 10.5. The van der Waals surface area contributed by atoms with E-state index in [0.29, 0.717) is 31.2 Å². The Morgan fingerprint density at radius 2 is 1.66 bits per heavy atom. The van der Waals surface area contributed by atoms with Gasteiger partial charge in [0.2, 0.25) is 5.79 Å². The van der Waals surface area contributed by atoms with Crippen molar-refractivity contribution in [2.24, 2.45) is 5.92 Å². The van der Waals surface area contributed by atoms with Crippen molar-refractivity contribution >= 4 is 0 Å². The van der Waals surface area contributed by atoms with Crippen LogP contribution in [0.25, 0.3) is 0 Å². The summed E-state index contributed by atoms with van der Waals surface area (Å²) in [5.74, 6) is -0.0855. The van der Waals surface area contributed by atoms with Crippen LogP contribution in [0.4, 0.5) is 0 Å². The van der Waals surface area contributed by atoms with Gasteiger partial charge in [-0.05, 0) is 67.2 Å². The first-order chi connectivity index (χ1) is 15.7. The number of hydrogen-bond acceptors (Lipinski definition) is 5. The summed E-state index contributed by atoms with van der Waals surface area (Å²) >= 11 is 0. The number of aromatic nitrogens is 1. The van der Waals surface area contributed by atoms with E-state index in [-0.39, 0.29) is 5.60 Å². The van der Waals surface area contributed by atoms with E-state index in [2.05, 4.69) is 35.2 Å². The molecule has 2 unspecified atom stereocenters. The van der Waals surface area contributed by atoms with Gasteiger partial charge in [-0.2, -0.15) is 0 Å². The van der Waals surface area contributed by atoms with Crippen molar-refractivity contribution in [3.05, 3.63) is 65.0 Å². The molecule has 5 aliphatic rings. The number of aryl methyl sites for hydroxylation is 1. The number of benzene rings is 1. The van der Waals surface area contributed by atoms with Crippen LogP contribution < -0.4 is 0 Å². The third-order valence-corrected chi connectivity index (χ3v) is 8.77. The van der Waals surface area contributed by atoms with Gasteiger partial charge in [-0.1, -0.05) is 30.3 Å². The van der Waals surface area contributed by atoms with Gasteiger partial charge in [0.15, 0.2) is 0 Å². The first-order valence-corrected chi connectivity index (χ1v) is 12.5. The normalized spacial score (nSPS) is 35.2. The molecule has 7 rings (SSSR count). The number of ether oxygens (including phenoxy) is 3. The highest BCUT2D eigenvalue weighted by atomic mass is 16.7. The lowest BCUT2D eigenvalue weighted by molar-refractivity contribution is -0.183. The van der Waals surface area contributed by atoms with Gasteiger partial charge in [-0.15, -0.1) is 0 Å². The van der Waals surface area contributed by atoms with E-state index in [1.807, 2.05) is 12.3 Å². The summed E-state index contributed by atoms with van der Waals surface area (Å²) in [7, 11) is 0. The van der Waals surface area contributed by atoms with Crippen molar-refractivity contribution < 1.29 is 14.2 Å². The fraction of sp³-hybridized carbons (Fsp3) is 0.593. The Kier molecular flexibility index (Phi) is 4.52. The summed E-state index contributed by atoms with van der Waals surface area (Å²) in [5, 5.41) is 0. The lowest BCUT2D eigenvalue weighted by atomic mass is 9.79. The summed E-state index contributed by atoms with van der Waals surface area (Å²) in [4.78, 5) is 7.55. The van der Waals surface area contributed by atoms with Crippen molar-refractivity contribution in [2.75, 3.05) is 19.8 Å². The molecule has 0 amide bonds. The zero-order valence-corrected chi connectivity index (χ0v) is 18.7. The Hall–Kier alpha value is -1.79. The molecule has 2 bridgehead atoms. The van der Waals surface area contributed by atoms with E-state index in [0.717, 1.165) is 44.5 Å². The van der Waals surface area contributed by atoms with Crippen molar-refractivity contribution in [1.82, 2.24) is 9.88 Å². The minimum Gasteiger partial charge on any atom is -0.365 e. The molecule has 5 heterocycles. The average Bonchev–Trinajstić information content (AvgIpc) is 3.46. The maximum absolute atomic E-state index is 6.53. The summed E-state index contributed by atoms with van der Waals surface area (Å²) in [6.07, 6.45) is 9.89. The smallest absolute Gasteiger partial charge is 0.213 e. The second-order valence-electron chi connectivity index (χ2n) is 10.5. The number of nitrogens with zero attached hydrogens (tertiary/aromatic N) is 2. The molecule has 0 radical (unpaired) electrons. The molecular formula is C27H32N2O3. The molecule has 2 spiro atoms. The van der Waals surface area contributed by atoms with Gasteiger partial charge in [0.1, 0.15) is 5.69 Å². The monoisotopic (exact) mass is 432 g/mol. The SMILES string of the molecule is c1ccc2c(c1)COC21CC2CCC(C1)N2C[C@@H]1CCc2cccnc2C2(C1)OCCO2. The molecule has 2 aromatic rings. The second kappa shape index (κ2) is 7.36. The third-order valence-electron chi connectivity index (χ3n) is 8.77. The van der Waals surface area contributed by atoms with Gasteiger partial charge in [0.25, 0.3) is 0 Å². The van der Waals surface area contributed by atoms with E-state index >= 15 is 0 Å². The van der Waals surface area contributed by atoms with Gasteiger partial charge in [-0.3, -0.25) is 9.88 Å². The van der Waals surface area contributed by atoms with Crippen LogP contribution in [0.1, 0.15) is 60.9 Å². The quantitative estimate of drug-likeness (QED) is 0.709. The molecule has 32 heavy (non-hydrogen) atoms. The highest BCUT2D eigenvalue weighted by molar-refractivity contribution is 5.37. The fourth-order valence-corrected chi connectivity index (χ4v) is 7.40. The Balaban J connectivity index is 1.13. The average molecular weight is 433 g/mol. The molecule has 0 N–H and O–H groups in total. The lowest BCUT2D eigenvalue weighted by Gasteiger charge is -2.46. The number of pyridine rings is 1. The molecule has 3 fully saturated rings. The summed E-state index contributed by atoms with van der Waals surface area (Å²) < 4.78 is 19.1. The maximum atomic E-state index is 6.53. The summed E-state index contributed by atoms with van der Waals surface area (Å²) in [6, 6.07) is 14.4. The highest BCUT2D eigenvalue weighted by Gasteiger charge is 2.53. The van der Waals surface area contributed by atoms with Crippen molar-refractivity contribution in [3.8, 4) is 0 Å². The third kappa shape index (κ3) is 2.95. The van der Waals surface area contributed by atoms with Crippen molar-refractivity contribution in [1.29, 1.82) is 0 Å². The largest absolute Gasteiger partial charge is 0.365 e. The first-order valence-electron chi connectivity index (χ1n) is 12.5. The number of fused-ring (bicyclic) bond motifs is 6. The molecule has 0 saturated carbocycles. The van der Waals surface area contributed by atoms with Crippen LogP contribution in [0.15, 0.2) is 42.6 Å². The number of hydrogen-bond donors (Lipinski definition) is 0. The van der Waals surface area contributed by atoms with Crippen LogP contribution in [0, 0.1) is 5.92 Å². The van der Waals surface area contributed by atoms with E-state index in [1.54, 1.807) is 0 Å². The Morgan fingerprint density at radius 3 is 2.50 bits per heavy atom. The zero-order chi connectivity index (χ0) is 21.2. The predicted molar refractivity (Wildman–Crippen MR) is 120 cm³/mol. The molecular weight excluding hydrogens is 400 g/mol. The van der Waals surface area contributed by atoms with Crippen LogP contribution >= 0.6 is 0 Å². The van der Waals surface area contributed by atoms with E-state index in [9.17, 15) is 0 Å². The Labute approximate surface area is 190 Å². The van der Waals surface area contributed by atoms with Gasteiger partial charge < -0.3 is 14.2 Å². The zero-order valence-electron chi connectivity index (χ0n) is 18.7. The Morgan fingerprint density at radius 1 is 0.875 bits per heavy atom. The maximum Gasteiger partial charge on any atom is 0.213 e. The molecule has 3 atom stereocenters. The van der Waals surface area contributed by atoms with E-state index < -0.39 is 5.79 Å². The molecule has 4 aliphatic heterocycles. The highest BCUT2D eigenvalue weighted by Crippen LogP contribution is 2.52. The summed E-state index contributed by atoms with van der Waals surface area (Å²) in [6.45, 7) is 3.24. The summed E-state index contributed by atoms with van der Waals surface area (Å²) in [5.41, 5.74) is 5.12. The molecule has 5 heteroatoms. The van der Waals surface area contributed by atoms with Gasteiger partial charge in [0, 0.05) is 31.2 Å². The molecule has 168 valence electrons. The first kappa shape index (κ1) is 19.7. The van der Waals surface area contributed by atoms with Crippen molar-refractivity contribution in [3.63, 3.8) is 0 Å². The topological polar surface area (TPSA) is 43.8 Å². The van der Waals surface area contributed by atoms with Crippen LogP contribution in [-0.4, -0.2) is 41.7 Å². The fourth-order valence-electron chi connectivity index (χ4n) is 7.40. The van der Waals surface area contributed by atoms with Crippen LogP contribution in [-0.2, 0) is 38.6 Å².